The fourth-order valence-electron chi connectivity index (χ4n) is 2.55. The number of anilines is 1. The Balaban J connectivity index is 1.76. The summed E-state index contributed by atoms with van der Waals surface area (Å²) in [5.74, 6) is -2.97. The number of hydrogen-bond donors (Lipinski definition) is 2. The van der Waals surface area contributed by atoms with E-state index in [9.17, 15) is 14.7 Å². The molecule has 1 aromatic rings. The van der Waals surface area contributed by atoms with Gasteiger partial charge in [-0.05, 0) is 6.42 Å². The minimum absolute atomic E-state index is 0.381. The van der Waals surface area contributed by atoms with Gasteiger partial charge in [-0.3, -0.25) is 9.59 Å². The van der Waals surface area contributed by atoms with Crippen molar-refractivity contribution in [2.75, 3.05) is 5.32 Å². The molecule has 2 N–H and O–H groups in total. The lowest BCUT2D eigenvalue weighted by atomic mass is 9.82. The summed E-state index contributed by atoms with van der Waals surface area (Å²) >= 11 is 1.29. The molecule has 3 rings (SSSR count). The van der Waals surface area contributed by atoms with Crippen LogP contribution in [0.3, 0.4) is 0 Å². The first-order valence-electron chi connectivity index (χ1n) is 6.30. The molecule has 1 saturated heterocycles. The number of carboxylic acid groups (broad SMARTS) is 1. The second-order valence-electron chi connectivity index (χ2n) is 4.68. The van der Waals surface area contributed by atoms with Crippen LogP contribution in [0.2, 0.25) is 0 Å². The Morgan fingerprint density at radius 3 is 2.65 bits per heavy atom. The Kier molecular flexibility index (Phi) is 3.27. The largest absolute Gasteiger partial charge is 0.481 e. The molecule has 8 heteroatoms. The summed E-state index contributed by atoms with van der Waals surface area (Å²) in [7, 11) is 0. The van der Waals surface area contributed by atoms with Crippen molar-refractivity contribution < 1.29 is 19.4 Å². The first-order valence-corrected chi connectivity index (χ1v) is 7.11. The lowest BCUT2D eigenvalue weighted by molar-refractivity contribution is -0.145. The normalized spacial score (nSPS) is 30.6. The smallest absolute Gasteiger partial charge is 0.310 e. The van der Waals surface area contributed by atoms with Crippen LogP contribution in [0.5, 0.6) is 0 Å². The summed E-state index contributed by atoms with van der Waals surface area (Å²) in [4.78, 5) is 23.6. The summed E-state index contributed by atoms with van der Waals surface area (Å²) in [6, 6.07) is 0. The van der Waals surface area contributed by atoms with Gasteiger partial charge in [0.15, 0.2) is 0 Å². The Labute approximate surface area is 118 Å². The molecule has 0 spiro atoms. The molecule has 1 fully saturated rings. The SMILES string of the molecule is CCc1nnc(NC(=O)[C@H]2[C@@H](C(=O)O)[C@@H]3C=C[C@@H]2O3)s1. The molecule has 0 aromatic carbocycles. The number of aryl methyl sites for hydroxylation is 1. The summed E-state index contributed by atoms with van der Waals surface area (Å²) in [5.41, 5.74) is 0. The zero-order valence-electron chi connectivity index (χ0n) is 10.6. The van der Waals surface area contributed by atoms with Gasteiger partial charge in [0.2, 0.25) is 11.0 Å². The number of nitrogens with zero attached hydrogens (tertiary/aromatic N) is 2. The van der Waals surface area contributed by atoms with Crippen LogP contribution < -0.4 is 5.32 Å². The first-order chi connectivity index (χ1) is 9.60. The second-order valence-corrected chi connectivity index (χ2v) is 5.75. The van der Waals surface area contributed by atoms with E-state index in [1.165, 1.54) is 11.3 Å². The summed E-state index contributed by atoms with van der Waals surface area (Å²) < 4.78 is 5.46. The number of nitrogens with one attached hydrogen (secondary N) is 1. The van der Waals surface area contributed by atoms with Gasteiger partial charge in [0.25, 0.3) is 0 Å². The fraction of sp³-hybridized carbons (Fsp3) is 0.500. The molecule has 2 aliphatic heterocycles. The van der Waals surface area contributed by atoms with Crippen LogP contribution in [-0.4, -0.2) is 39.4 Å². The molecule has 2 bridgehead atoms. The third-order valence-corrected chi connectivity index (χ3v) is 4.47. The molecule has 0 radical (unpaired) electrons. The van der Waals surface area contributed by atoms with Gasteiger partial charge in [-0.1, -0.05) is 30.4 Å². The van der Waals surface area contributed by atoms with E-state index in [1.54, 1.807) is 12.2 Å². The molecule has 4 atom stereocenters. The van der Waals surface area contributed by atoms with Gasteiger partial charge in [0, 0.05) is 0 Å². The van der Waals surface area contributed by atoms with E-state index in [1.807, 2.05) is 6.92 Å². The van der Waals surface area contributed by atoms with E-state index in [4.69, 9.17) is 4.74 Å². The van der Waals surface area contributed by atoms with Crippen LogP contribution in [-0.2, 0) is 20.7 Å². The van der Waals surface area contributed by atoms with E-state index < -0.39 is 30.0 Å². The van der Waals surface area contributed by atoms with Crippen molar-refractivity contribution in [3.05, 3.63) is 17.2 Å². The fourth-order valence-corrected chi connectivity index (χ4v) is 3.23. The molecule has 1 amide bonds. The van der Waals surface area contributed by atoms with Crippen molar-refractivity contribution in [1.82, 2.24) is 10.2 Å². The van der Waals surface area contributed by atoms with E-state index >= 15 is 0 Å². The van der Waals surface area contributed by atoms with Crippen molar-refractivity contribution in [1.29, 1.82) is 0 Å². The Hall–Kier alpha value is -1.80. The number of fused-ring (bicyclic) bond motifs is 2. The van der Waals surface area contributed by atoms with Crippen LogP contribution >= 0.6 is 11.3 Å². The Morgan fingerprint density at radius 1 is 1.35 bits per heavy atom. The molecule has 1 aromatic heterocycles. The predicted octanol–water partition coefficient (Wildman–Crippen LogP) is 0.693. The standard InChI is InChI=1S/C12H13N3O4S/c1-2-7-14-15-12(20-7)13-10(16)8-5-3-4-6(19-5)9(8)11(17)18/h3-6,8-9H,2H2,1H3,(H,17,18)(H,13,15,16)/t5-,6-,8+,9-/m0/s1. The zero-order chi connectivity index (χ0) is 14.3. The molecule has 0 saturated carbocycles. The maximum Gasteiger partial charge on any atom is 0.310 e. The van der Waals surface area contributed by atoms with Crippen LogP contribution in [0.25, 0.3) is 0 Å². The van der Waals surface area contributed by atoms with Gasteiger partial charge < -0.3 is 15.2 Å². The molecular formula is C12H13N3O4S. The molecule has 106 valence electrons. The quantitative estimate of drug-likeness (QED) is 0.793. The maximum atomic E-state index is 12.3. The summed E-state index contributed by atoms with van der Waals surface area (Å²) in [6.07, 6.45) is 3.19. The third kappa shape index (κ3) is 2.10. The van der Waals surface area contributed by atoms with Crippen molar-refractivity contribution >= 4 is 28.3 Å². The lowest BCUT2D eigenvalue weighted by Gasteiger charge is -2.20. The van der Waals surface area contributed by atoms with Gasteiger partial charge in [0.1, 0.15) is 10.9 Å². The molecule has 3 heterocycles. The highest BCUT2D eigenvalue weighted by Gasteiger charge is 2.53. The third-order valence-electron chi connectivity index (χ3n) is 3.49. The molecule has 7 nitrogen and oxygen atoms in total. The molecule has 2 aliphatic rings. The minimum atomic E-state index is -1.02. The second kappa shape index (κ2) is 4.95. The summed E-state index contributed by atoms with van der Waals surface area (Å²) in [5, 5.41) is 20.9. The number of aromatic nitrogens is 2. The van der Waals surface area contributed by atoms with Gasteiger partial charge >= 0.3 is 5.97 Å². The number of amides is 1. The van der Waals surface area contributed by atoms with Crippen molar-refractivity contribution in [2.24, 2.45) is 11.8 Å². The van der Waals surface area contributed by atoms with Gasteiger partial charge in [-0.2, -0.15) is 0 Å². The number of rotatable bonds is 4. The highest BCUT2D eigenvalue weighted by molar-refractivity contribution is 7.15. The van der Waals surface area contributed by atoms with Crippen molar-refractivity contribution in [3.63, 3.8) is 0 Å². The average Bonchev–Trinajstić information content (AvgIpc) is 3.12. The van der Waals surface area contributed by atoms with Crippen LogP contribution in [0.1, 0.15) is 11.9 Å². The molecular weight excluding hydrogens is 282 g/mol. The zero-order valence-corrected chi connectivity index (χ0v) is 11.5. The molecule has 0 aliphatic carbocycles. The van der Waals surface area contributed by atoms with Crippen LogP contribution in [0, 0.1) is 11.8 Å². The number of carboxylic acids is 1. The predicted molar refractivity (Wildman–Crippen MR) is 70.3 cm³/mol. The lowest BCUT2D eigenvalue weighted by Crippen LogP contribution is -2.39. The molecule has 20 heavy (non-hydrogen) atoms. The van der Waals surface area contributed by atoms with Crippen molar-refractivity contribution in [3.8, 4) is 0 Å². The van der Waals surface area contributed by atoms with Crippen LogP contribution in [0.4, 0.5) is 5.13 Å². The number of carbonyl (C=O) groups excluding carboxylic acids is 1. The summed E-state index contributed by atoms with van der Waals surface area (Å²) in [6.45, 7) is 1.95. The number of carbonyl (C=O) groups is 2. The monoisotopic (exact) mass is 295 g/mol. The van der Waals surface area contributed by atoms with E-state index in [0.29, 0.717) is 5.13 Å². The minimum Gasteiger partial charge on any atom is -0.481 e. The Morgan fingerprint density at radius 2 is 2.05 bits per heavy atom. The van der Waals surface area contributed by atoms with Crippen LogP contribution in [0.15, 0.2) is 12.2 Å². The highest BCUT2D eigenvalue weighted by Crippen LogP contribution is 2.39. The highest BCUT2D eigenvalue weighted by atomic mass is 32.1. The van der Waals surface area contributed by atoms with Gasteiger partial charge in [-0.15, -0.1) is 10.2 Å². The number of aliphatic carboxylic acids is 1. The average molecular weight is 295 g/mol. The Bertz CT molecular complexity index is 585. The molecule has 0 unspecified atom stereocenters. The number of hydrogen-bond acceptors (Lipinski definition) is 6. The van der Waals surface area contributed by atoms with E-state index in [2.05, 4.69) is 15.5 Å². The van der Waals surface area contributed by atoms with E-state index in [0.717, 1.165) is 11.4 Å². The van der Waals surface area contributed by atoms with Gasteiger partial charge in [0.05, 0.1) is 18.1 Å². The van der Waals surface area contributed by atoms with E-state index in [-0.39, 0.29) is 5.91 Å². The van der Waals surface area contributed by atoms with Gasteiger partial charge in [-0.25, -0.2) is 0 Å². The first kappa shape index (κ1) is 13.2. The van der Waals surface area contributed by atoms with Crippen molar-refractivity contribution in [2.45, 2.75) is 25.6 Å². The maximum absolute atomic E-state index is 12.3. The number of ether oxygens (including phenoxy) is 1. The topological polar surface area (TPSA) is 101 Å².